The van der Waals surface area contributed by atoms with Gasteiger partial charge < -0.3 is 14.6 Å². The summed E-state index contributed by atoms with van der Waals surface area (Å²) >= 11 is 0. The summed E-state index contributed by atoms with van der Waals surface area (Å²) in [5.74, 6) is -0.649. The minimum atomic E-state index is -0.750. The van der Waals surface area contributed by atoms with Gasteiger partial charge in [0.15, 0.2) is 5.78 Å². The number of rotatable bonds is 9. The van der Waals surface area contributed by atoms with Gasteiger partial charge in [-0.25, -0.2) is 4.98 Å². The quantitative estimate of drug-likeness (QED) is 0.533. The molecule has 8 heteroatoms. The van der Waals surface area contributed by atoms with Crippen molar-refractivity contribution in [1.82, 2.24) is 14.9 Å². The van der Waals surface area contributed by atoms with Crippen LogP contribution in [0, 0.1) is 28.6 Å². The number of amides is 1. The largest absolute Gasteiger partial charge is 0.481 e. The van der Waals surface area contributed by atoms with Gasteiger partial charge >= 0.3 is 0 Å². The van der Waals surface area contributed by atoms with Crippen LogP contribution in [0.3, 0.4) is 0 Å². The second kappa shape index (κ2) is 11.0. The molecule has 0 radical (unpaired) electrons. The van der Waals surface area contributed by atoms with Gasteiger partial charge in [-0.1, -0.05) is 27.2 Å². The molecule has 1 saturated carbocycles. The summed E-state index contributed by atoms with van der Waals surface area (Å²) in [4.78, 5) is 43.1. The molecule has 0 unspecified atom stereocenters. The average molecular weight is 481 g/mol. The molecule has 2 aromatic heterocycles. The molecule has 35 heavy (non-hydrogen) atoms. The van der Waals surface area contributed by atoms with E-state index in [9.17, 15) is 19.6 Å². The van der Waals surface area contributed by atoms with Crippen molar-refractivity contribution in [3.63, 3.8) is 0 Å². The topological polar surface area (TPSA) is 114 Å². The predicted molar refractivity (Wildman–Crippen MR) is 133 cm³/mol. The van der Waals surface area contributed by atoms with Crippen LogP contribution in [0.5, 0.6) is 5.88 Å². The maximum atomic E-state index is 13.4. The highest BCUT2D eigenvalue weighted by Crippen LogP contribution is 2.31. The maximum absolute atomic E-state index is 13.4. The van der Waals surface area contributed by atoms with E-state index in [0.717, 1.165) is 30.2 Å². The van der Waals surface area contributed by atoms with Crippen molar-refractivity contribution < 1.29 is 19.1 Å². The lowest BCUT2D eigenvalue weighted by molar-refractivity contribution is -0.128. The number of nitrogens with one attached hydrogen (secondary N) is 1. The first kappa shape index (κ1) is 26.4. The van der Waals surface area contributed by atoms with Gasteiger partial charge in [0, 0.05) is 37.9 Å². The van der Waals surface area contributed by atoms with Crippen LogP contribution in [0.1, 0.15) is 76.2 Å². The fourth-order valence-corrected chi connectivity index (χ4v) is 5.01. The van der Waals surface area contributed by atoms with E-state index in [0.29, 0.717) is 30.8 Å². The lowest BCUT2D eigenvalue weighted by atomic mass is 9.81. The molecule has 0 aliphatic heterocycles. The van der Waals surface area contributed by atoms with E-state index >= 15 is 0 Å². The van der Waals surface area contributed by atoms with Crippen LogP contribution < -0.4 is 10.1 Å². The number of carbonyl (C=O) groups excluding carboxylic acids is 3. The molecule has 0 saturated heterocycles. The zero-order valence-electron chi connectivity index (χ0n) is 21.4. The van der Waals surface area contributed by atoms with Gasteiger partial charge in [0.2, 0.25) is 11.8 Å². The van der Waals surface area contributed by atoms with Crippen LogP contribution in [0.25, 0.3) is 10.9 Å². The number of pyridine rings is 1. The molecule has 1 fully saturated rings. The Morgan fingerprint density at radius 2 is 2.09 bits per heavy atom. The van der Waals surface area contributed by atoms with Crippen molar-refractivity contribution in [3.05, 3.63) is 24.0 Å². The third-order valence-electron chi connectivity index (χ3n) is 6.75. The highest BCUT2D eigenvalue weighted by Gasteiger charge is 2.32. The Morgan fingerprint density at radius 3 is 2.71 bits per heavy atom. The summed E-state index contributed by atoms with van der Waals surface area (Å²) in [5.41, 5.74) is 1.09. The lowest BCUT2D eigenvalue weighted by Gasteiger charge is -2.27. The van der Waals surface area contributed by atoms with Gasteiger partial charge in [0.25, 0.3) is 0 Å². The summed E-state index contributed by atoms with van der Waals surface area (Å²) in [7, 11) is 3.34. The highest BCUT2D eigenvalue weighted by molar-refractivity contribution is 6.02. The average Bonchev–Trinajstić information content (AvgIpc) is 3.15. The first-order valence-electron chi connectivity index (χ1n) is 12.3. The van der Waals surface area contributed by atoms with E-state index in [4.69, 9.17) is 4.74 Å². The van der Waals surface area contributed by atoms with Crippen molar-refractivity contribution in [2.75, 3.05) is 7.11 Å². The van der Waals surface area contributed by atoms with Gasteiger partial charge in [-0.15, -0.1) is 0 Å². The Balaban J connectivity index is 1.78. The number of hydrogen-bond donors (Lipinski definition) is 1. The molecular weight excluding hydrogens is 444 g/mol. The van der Waals surface area contributed by atoms with Crippen molar-refractivity contribution in [1.29, 1.82) is 5.26 Å². The number of aromatic nitrogens is 2. The number of aryl methyl sites for hydroxylation is 1. The molecule has 0 aromatic carbocycles. The van der Waals surface area contributed by atoms with E-state index in [2.05, 4.69) is 16.4 Å². The van der Waals surface area contributed by atoms with Crippen LogP contribution in [0.15, 0.2) is 18.3 Å². The van der Waals surface area contributed by atoms with E-state index in [-0.39, 0.29) is 35.2 Å². The molecule has 2 aromatic rings. The van der Waals surface area contributed by atoms with Crippen LogP contribution in [-0.2, 0) is 16.6 Å². The monoisotopic (exact) mass is 480 g/mol. The molecule has 188 valence electrons. The van der Waals surface area contributed by atoms with Crippen molar-refractivity contribution in [2.45, 2.75) is 71.8 Å². The van der Waals surface area contributed by atoms with Gasteiger partial charge in [-0.3, -0.25) is 14.4 Å². The number of fused-ring (bicyclic) bond motifs is 1. The maximum Gasteiger partial charge on any atom is 0.224 e. The summed E-state index contributed by atoms with van der Waals surface area (Å²) in [6, 6.07) is 4.97. The highest BCUT2D eigenvalue weighted by atomic mass is 16.5. The number of nitrogens with zero attached hydrogens (tertiary/aromatic N) is 3. The molecule has 1 aliphatic carbocycles. The van der Waals surface area contributed by atoms with Crippen LogP contribution in [0.4, 0.5) is 0 Å². The smallest absolute Gasteiger partial charge is 0.224 e. The zero-order valence-corrected chi connectivity index (χ0v) is 21.4. The number of hydrogen-bond acceptors (Lipinski definition) is 6. The first-order chi connectivity index (χ1) is 16.5. The molecular formula is C27H36N4O4. The fourth-order valence-electron chi connectivity index (χ4n) is 5.01. The van der Waals surface area contributed by atoms with Gasteiger partial charge in [0.1, 0.15) is 11.8 Å². The van der Waals surface area contributed by atoms with E-state index in [1.54, 1.807) is 23.9 Å². The number of carbonyl (C=O) groups is 3. The first-order valence-corrected chi connectivity index (χ1v) is 12.3. The predicted octanol–water partition coefficient (Wildman–Crippen LogP) is 4.36. The molecule has 0 bridgehead atoms. The minimum Gasteiger partial charge on any atom is -0.481 e. The summed E-state index contributed by atoms with van der Waals surface area (Å²) in [5, 5.41) is 13.2. The van der Waals surface area contributed by atoms with E-state index < -0.39 is 12.0 Å². The lowest BCUT2D eigenvalue weighted by Crippen LogP contribution is -2.42. The third kappa shape index (κ3) is 6.47. The van der Waals surface area contributed by atoms with Crippen molar-refractivity contribution >= 4 is 28.4 Å². The van der Waals surface area contributed by atoms with Crippen LogP contribution in [0.2, 0.25) is 0 Å². The summed E-state index contributed by atoms with van der Waals surface area (Å²) in [6.07, 6.45) is 5.63. The number of ketones is 2. The normalized spacial score (nSPS) is 18.1. The standard InChI is InChI=1S/C27H36N4O4/c1-27(2,3)15-18(25(34)30-19(16-28)12-17-8-6-7-9-23(17)32)13-24(33)22-14-20-21(31(22)4)10-11-29-26(20)35-5/h10-11,14,17-19H,6-9,12-13,15H2,1-5H3,(H,30,34)/t17-,18-,19-/m0/s1. The van der Waals surface area contributed by atoms with Gasteiger partial charge in [0.05, 0.1) is 29.8 Å². The zero-order chi connectivity index (χ0) is 25.8. The van der Waals surface area contributed by atoms with Crippen molar-refractivity contribution in [3.8, 4) is 11.9 Å². The second-order valence-electron chi connectivity index (χ2n) is 10.8. The molecule has 8 nitrogen and oxygen atoms in total. The Bertz CT molecular complexity index is 1140. The Morgan fingerprint density at radius 1 is 1.34 bits per heavy atom. The molecule has 0 spiro atoms. The number of methoxy groups -OCH3 is 1. The van der Waals surface area contributed by atoms with E-state index in [1.165, 1.54) is 7.11 Å². The Labute approximate surface area is 207 Å². The molecule has 2 heterocycles. The minimum absolute atomic E-state index is 0.0174. The van der Waals surface area contributed by atoms with Crippen LogP contribution >= 0.6 is 0 Å². The van der Waals surface area contributed by atoms with E-state index in [1.807, 2.05) is 26.8 Å². The molecule has 1 amide bonds. The summed E-state index contributed by atoms with van der Waals surface area (Å²) in [6.45, 7) is 6.06. The van der Waals surface area contributed by atoms with Gasteiger partial charge in [-0.2, -0.15) is 5.26 Å². The number of Topliss-reactive ketones (excluding diaryl/α,β-unsaturated/α-hetero) is 2. The summed E-state index contributed by atoms with van der Waals surface area (Å²) < 4.78 is 7.12. The molecule has 3 rings (SSSR count). The second-order valence-corrected chi connectivity index (χ2v) is 10.8. The Hall–Kier alpha value is -3.21. The Kier molecular flexibility index (Phi) is 8.31. The molecule has 3 atom stereocenters. The third-order valence-corrected chi connectivity index (χ3v) is 6.75. The van der Waals surface area contributed by atoms with Crippen molar-refractivity contribution in [2.24, 2.45) is 24.3 Å². The number of ether oxygens (including phenoxy) is 1. The molecule has 1 N–H and O–H groups in total. The van der Waals surface area contributed by atoms with Crippen LogP contribution in [-0.4, -0.2) is 40.2 Å². The number of nitriles is 1. The van der Waals surface area contributed by atoms with Gasteiger partial charge in [-0.05, 0) is 43.2 Å². The molecule has 1 aliphatic rings. The fraction of sp³-hybridized carbons (Fsp3) is 0.593. The SMILES string of the molecule is COc1nccc2c1cc(C(=O)C[C@@H](CC(C)(C)C)C(=O)N[C@H](C#N)C[C@@H]1CCCCC1=O)n2C.